The Morgan fingerprint density at radius 1 is 1.09 bits per heavy atom. The minimum absolute atomic E-state index is 0.293. The topological polar surface area (TPSA) is 59.6 Å². The SMILES string of the molecule is COC(=O)c1ccccc1NC(=S)Nc1cc(Cl)ccc1OC. The number of rotatable bonds is 4. The van der Waals surface area contributed by atoms with Crippen LogP contribution in [0.3, 0.4) is 0 Å². The monoisotopic (exact) mass is 350 g/mol. The van der Waals surface area contributed by atoms with Crippen molar-refractivity contribution in [3.63, 3.8) is 0 Å². The molecule has 0 atom stereocenters. The Labute approximate surface area is 144 Å². The summed E-state index contributed by atoms with van der Waals surface area (Å²) in [6, 6.07) is 12.1. The second-order valence-corrected chi connectivity index (χ2v) is 5.31. The number of ether oxygens (including phenoxy) is 2. The van der Waals surface area contributed by atoms with E-state index in [1.165, 1.54) is 7.11 Å². The van der Waals surface area contributed by atoms with Gasteiger partial charge in [0, 0.05) is 5.02 Å². The lowest BCUT2D eigenvalue weighted by atomic mass is 10.2. The summed E-state index contributed by atoms with van der Waals surface area (Å²) in [5.41, 5.74) is 1.54. The van der Waals surface area contributed by atoms with Crippen LogP contribution in [-0.4, -0.2) is 25.3 Å². The molecule has 0 spiro atoms. The first-order valence-electron chi connectivity index (χ1n) is 6.64. The molecule has 5 nitrogen and oxygen atoms in total. The Hall–Kier alpha value is -2.31. The molecule has 0 bridgehead atoms. The maximum absolute atomic E-state index is 11.8. The van der Waals surface area contributed by atoms with E-state index in [-0.39, 0.29) is 0 Å². The van der Waals surface area contributed by atoms with Gasteiger partial charge < -0.3 is 20.1 Å². The van der Waals surface area contributed by atoms with Crippen molar-refractivity contribution in [1.82, 2.24) is 0 Å². The Morgan fingerprint density at radius 3 is 2.48 bits per heavy atom. The average molecular weight is 351 g/mol. The van der Waals surface area contributed by atoms with Crippen LogP contribution in [0.2, 0.25) is 5.02 Å². The average Bonchev–Trinajstić information content (AvgIpc) is 2.55. The van der Waals surface area contributed by atoms with Gasteiger partial charge in [0.15, 0.2) is 5.11 Å². The molecule has 2 rings (SSSR count). The van der Waals surface area contributed by atoms with Crippen molar-refractivity contribution in [2.75, 3.05) is 24.9 Å². The molecule has 0 amide bonds. The fraction of sp³-hybridized carbons (Fsp3) is 0.125. The van der Waals surface area contributed by atoms with E-state index in [4.69, 9.17) is 33.3 Å². The zero-order valence-corrected chi connectivity index (χ0v) is 14.1. The largest absolute Gasteiger partial charge is 0.495 e. The van der Waals surface area contributed by atoms with Gasteiger partial charge in [0.2, 0.25) is 0 Å². The van der Waals surface area contributed by atoms with Crippen molar-refractivity contribution in [2.45, 2.75) is 0 Å². The molecule has 23 heavy (non-hydrogen) atoms. The molecule has 0 radical (unpaired) electrons. The summed E-state index contributed by atoms with van der Waals surface area (Å²) in [7, 11) is 2.88. The van der Waals surface area contributed by atoms with E-state index < -0.39 is 5.97 Å². The molecule has 0 aliphatic rings. The van der Waals surface area contributed by atoms with Gasteiger partial charge in [-0.3, -0.25) is 0 Å². The van der Waals surface area contributed by atoms with Crippen LogP contribution in [0.25, 0.3) is 0 Å². The van der Waals surface area contributed by atoms with Crippen molar-refractivity contribution in [1.29, 1.82) is 0 Å². The van der Waals surface area contributed by atoms with E-state index in [0.717, 1.165) is 0 Å². The van der Waals surface area contributed by atoms with Crippen molar-refractivity contribution < 1.29 is 14.3 Å². The zero-order chi connectivity index (χ0) is 16.8. The highest BCUT2D eigenvalue weighted by molar-refractivity contribution is 7.80. The number of esters is 1. The summed E-state index contributed by atoms with van der Waals surface area (Å²) in [5, 5.41) is 6.80. The predicted molar refractivity (Wildman–Crippen MR) is 95.6 cm³/mol. The molecule has 0 aromatic heterocycles. The van der Waals surface area contributed by atoms with Crippen LogP contribution in [0.5, 0.6) is 5.75 Å². The first-order valence-corrected chi connectivity index (χ1v) is 7.42. The molecule has 2 aromatic rings. The summed E-state index contributed by atoms with van der Waals surface area (Å²) in [6.45, 7) is 0. The Bertz CT molecular complexity index is 737. The Morgan fingerprint density at radius 2 is 1.78 bits per heavy atom. The fourth-order valence-corrected chi connectivity index (χ4v) is 2.33. The lowest BCUT2D eigenvalue weighted by Crippen LogP contribution is -2.21. The number of methoxy groups -OCH3 is 2. The van der Waals surface area contributed by atoms with Crippen LogP contribution in [0, 0.1) is 0 Å². The van der Waals surface area contributed by atoms with Gasteiger partial charge in [0.05, 0.1) is 31.2 Å². The fourth-order valence-electron chi connectivity index (χ4n) is 1.93. The van der Waals surface area contributed by atoms with E-state index in [0.29, 0.717) is 32.8 Å². The Balaban J connectivity index is 2.18. The van der Waals surface area contributed by atoms with Crippen LogP contribution in [0.1, 0.15) is 10.4 Å². The number of hydrogen-bond donors (Lipinski definition) is 2. The van der Waals surface area contributed by atoms with Gasteiger partial charge in [0.1, 0.15) is 5.75 Å². The second kappa shape index (κ2) is 7.80. The smallest absolute Gasteiger partial charge is 0.339 e. The Kier molecular flexibility index (Phi) is 5.78. The quantitative estimate of drug-likeness (QED) is 0.643. The summed E-state index contributed by atoms with van der Waals surface area (Å²) in [6.07, 6.45) is 0. The summed E-state index contributed by atoms with van der Waals surface area (Å²) in [5.74, 6) is 0.149. The first-order chi connectivity index (χ1) is 11.0. The van der Waals surface area contributed by atoms with E-state index in [9.17, 15) is 4.79 Å². The van der Waals surface area contributed by atoms with E-state index in [2.05, 4.69) is 10.6 Å². The predicted octanol–water partition coefficient (Wildman–Crippen LogP) is 3.94. The van der Waals surface area contributed by atoms with Crippen LogP contribution >= 0.6 is 23.8 Å². The normalized spacial score (nSPS) is 9.87. The molecule has 7 heteroatoms. The van der Waals surface area contributed by atoms with Gasteiger partial charge in [-0.25, -0.2) is 4.79 Å². The van der Waals surface area contributed by atoms with Crippen molar-refractivity contribution in [2.24, 2.45) is 0 Å². The lowest BCUT2D eigenvalue weighted by Gasteiger charge is -2.15. The van der Waals surface area contributed by atoms with Crippen molar-refractivity contribution in [3.05, 3.63) is 53.1 Å². The summed E-state index contributed by atoms with van der Waals surface area (Å²) >= 11 is 11.3. The number of halogens is 1. The molecule has 0 saturated carbocycles. The third kappa shape index (κ3) is 4.34. The number of nitrogens with one attached hydrogen (secondary N) is 2. The van der Waals surface area contributed by atoms with Crippen LogP contribution in [0.15, 0.2) is 42.5 Å². The number of benzene rings is 2. The number of anilines is 2. The van der Waals surface area contributed by atoms with Gasteiger partial charge >= 0.3 is 5.97 Å². The van der Waals surface area contributed by atoms with Crippen LogP contribution in [0.4, 0.5) is 11.4 Å². The number of carbonyl (C=O) groups is 1. The van der Waals surface area contributed by atoms with Gasteiger partial charge in [-0.1, -0.05) is 23.7 Å². The van der Waals surface area contributed by atoms with Crippen LogP contribution < -0.4 is 15.4 Å². The maximum atomic E-state index is 11.8. The molecule has 0 aliphatic carbocycles. The highest BCUT2D eigenvalue weighted by Gasteiger charge is 2.12. The molecule has 2 aromatic carbocycles. The molecular formula is C16H15ClN2O3S. The standard InChI is InChI=1S/C16H15ClN2O3S/c1-21-14-8-7-10(17)9-13(14)19-16(23)18-12-6-4-3-5-11(12)15(20)22-2/h3-9H,1-2H3,(H2,18,19,23). The lowest BCUT2D eigenvalue weighted by molar-refractivity contribution is 0.0602. The molecule has 2 N–H and O–H groups in total. The third-order valence-electron chi connectivity index (χ3n) is 2.99. The zero-order valence-electron chi connectivity index (χ0n) is 12.6. The van der Waals surface area contributed by atoms with Crippen molar-refractivity contribution in [3.8, 4) is 5.75 Å². The molecule has 0 aliphatic heterocycles. The molecule has 120 valence electrons. The maximum Gasteiger partial charge on any atom is 0.339 e. The second-order valence-electron chi connectivity index (χ2n) is 4.46. The minimum atomic E-state index is -0.448. The molecule has 0 unspecified atom stereocenters. The summed E-state index contributed by atoms with van der Waals surface area (Å²) < 4.78 is 10.00. The van der Waals surface area contributed by atoms with E-state index in [1.807, 2.05) is 0 Å². The molecular weight excluding hydrogens is 336 g/mol. The molecule has 0 fully saturated rings. The number of para-hydroxylation sites is 1. The first kappa shape index (κ1) is 17.1. The van der Waals surface area contributed by atoms with E-state index in [1.54, 1.807) is 49.6 Å². The van der Waals surface area contributed by atoms with Gasteiger partial charge in [-0.15, -0.1) is 0 Å². The minimum Gasteiger partial charge on any atom is -0.495 e. The number of thiocarbonyl (C=S) groups is 1. The third-order valence-corrected chi connectivity index (χ3v) is 3.43. The molecule has 0 saturated heterocycles. The van der Waals surface area contributed by atoms with Crippen LogP contribution in [-0.2, 0) is 4.74 Å². The number of carbonyl (C=O) groups excluding carboxylic acids is 1. The van der Waals surface area contributed by atoms with Gasteiger partial charge in [-0.2, -0.15) is 0 Å². The van der Waals surface area contributed by atoms with E-state index >= 15 is 0 Å². The van der Waals surface area contributed by atoms with Gasteiger partial charge in [0.25, 0.3) is 0 Å². The number of hydrogen-bond acceptors (Lipinski definition) is 4. The summed E-state index contributed by atoms with van der Waals surface area (Å²) in [4.78, 5) is 11.8. The van der Waals surface area contributed by atoms with Crippen molar-refractivity contribution >= 4 is 46.3 Å². The highest BCUT2D eigenvalue weighted by Crippen LogP contribution is 2.28. The molecule has 0 heterocycles. The van der Waals surface area contributed by atoms with Gasteiger partial charge in [-0.05, 0) is 42.5 Å². The highest BCUT2D eigenvalue weighted by atomic mass is 35.5.